The van der Waals surface area contributed by atoms with Crippen LogP contribution in [0.4, 0.5) is 5.69 Å². The summed E-state index contributed by atoms with van der Waals surface area (Å²) >= 11 is 0. The minimum absolute atomic E-state index is 0.156. The fraction of sp³-hybridized carbons (Fsp3) is 0.133. The smallest absolute Gasteiger partial charge is 0.255 e. The molecule has 0 aromatic heterocycles. The first-order chi connectivity index (χ1) is 9.11. The minimum atomic E-state index is -0.243. The van der Waals surface area contributed by atoms with Crippen molar-refractivity contribution < 1.29 is 14.6 Å². The van der Waals surface area contributed by atoms with Crippen LogP contribution in [0.2, 0.25) is 0 Å². The predicted molar refractivity (Wildman–Crippen MR) is 73.8 cm³/mol. The second-order valence-electron chi connectivity index (χ2n) is 4.14. The molecule has 2 rings (SSSR count). The van der Waals surface area contributed by atoms with E-state index in [9.17, 15) is 9.90 Å². The molecule has 0 aliphatic heterocycles. The van der Waals surface area contributed by atoms with E-state index in [-0.39, 0.29) is 11.7 Å². The summed E-state index contributed by atoms with van der Waals surface area (Å²) in [6.07, 6.45) is 0. The molecule has 1 amide bonds. The highest BCUT2D eigenvalue weighted by Crippen LogP contribution is 2.24. The van der Waals surface area contributed by atoms with Crippen LogP contribution in [0.25, 0.3) is 0 Å². The number of hydrogen-bond donors (Lipinski definition) is 2. The van der Waals surface area contributed by atoms with Crippen molar-refractivity contribution in [3.63, 3.8) is 0 Å². The third kappa shape index (κ3) is 2.85. The minimum Gasteiger partial charge on any atom is -0.508 e. The molecule has 4 nitrogen and oxygen atoms in total. The average molecular weight is 257 g/mol. The molecular formula is C15H15NO3. The predicted octanol–water partition coefficient (Wildman–Crippen LogP) is 2.96. The maximum atomic E-state index is 12.1. The van der Waals surface area contributed by atoms with Gasteiger partial charge in [0, 0.05) is 16.8 Å². The van der Waals surface area contributed by atoms with Crippen LogP contribution in [0.1, 0.15) is 15.9 Å². The van der Waals surface area contributed by atoms with Gasteiger partial charge in [-0.25, -0.2) is 0 Å². The van der Waals surface area contributed by atoms with Gasteiger partial charge in [-0.1, -0.05) is 12.1 Å². The molecule has 0 bridgehead atoms. The summed E-state index contributed by atoms with van der Waals surface area (Å²) in [5, 5.41) is 12.4. The van der Waals surface area contributed by atoms with Crippen molar-refractivity contribution in [3.8, 4) is 11.5 Å². The van der Waals surface area contributed by atoms with E-state index in [0.29, 0.717) is 22.6 Å². The van der Waals surface area contributed by atoms with Gasteiger partial charge < -0.3 is 15.2 Å². The van der Waals surface area contributed by atoms with Gasteiger partial charge in [-0.2, -0.15) is 0 Å². The van der Waals surface area contributed by atoms with Crippen molar-refractivity contribution in [1.29, 1.82) is 0 Å². The third-order valence-electron chi connectivity index (χ3n) is 2.89. The highest BCUT2D eigenvalue weighted by Gasteiger charge is 2.09. The van der Waals surface area contributed by atoms with Crippen molar-refractivity contribution >= 4 is 11.6 Å². The number of anilines is 1. The van der Waals surface area contributed by atoms with Crippen molar-refractivity contribution in [3.05, 3.63) is 53.6 Å². The largest absolute Gasteiger partial charge is 0.508 e. The average Bonchev–Trinajstić information content (AvgIpc) is 2.44. The maximum absolute atomic E-state index is 12.1. The maximum Gasteiger partial charge on any atom is 0.255 e. The van der Waals surface area contributed by atoms with Crippen LogP contribution in [0.3, 0.4) is 0 Å². The molecule has 2 N–H and O–H groups in total. The first-order valence-electron chi connectivity index (χ1n) is 5.86. The van der Waals surface area contributed by atoms with Gasteiger partial charge in [-0.3, -0.25) is 4.79 Å². The van der Waals surface area contributed by atoms with Crippen LogP contribution < -0.4 is 10.1 Å². The topological polar surface area (TPSA) is 58.6 Å². The Bertz CT molecular complexity index is 608. The van der Waals surface area contributed by atoms with Crippen molar-refractivity contribution in [2.45, 2.75) is 6.92 Å². The molecule has 98 valence electrons. The molecule has 0 unspecified atom stereocenters. The first kappa shape index (κ1) is 13.0. The molecule has 19 heavy (non-hydrogen) atoms. The number of methoxy groups -OCH3 is 1. The van der Waals surface area contributed by atoms with Gasteiger partial charge in [-0.05, 0) is 37.3 Å². The number of ether oxygens (including phenoxy) is 1. The molecule has 0 spiro atoms. The summed E-state index contributed by atoms with van der Waals surface area (Å²) in [7, 11) is 1.55. The Morgan fingerprint density at radius 2 is 1.95 bits per heavy atom. The van der Waals surface area contributed by atoms with E-state index in [1.165, 1.54) is 0 Å². The molecule has 0 saturated heterocycles. The first-order valence-corrected chi connectivity index (χ1v) is 5.86. The lowest BCUT2D eigenvalue weighted by atomic mass is 10.1. The van der Waals surface area contributed by atoms with E-state index in [1.807, 2.05) is 0 Å². The molecule has 0 heterocycles. The van der Waals surface area contributed by atoms with Gasteiger partial charge in [0.1, 0.15) is 11.5 Å². The number of phenolic OH excluding ortho intramolecular Hbond substituents is 1. The van der Waals surface area contributed by atoms with E-state index in [4.69, 9.17) is 4.74 Å². The van der Waals surface area contributed by atoms with Crippen LogP contribution >= 0.6 is 0 Å². The highest BCUT2D eigenvalue weighted by atomic mass is 16.5. The summed E-state index contributed by atoms with van der Waals surface area (Å²) in [4.78, 5) is 12.1. The van der Waals surface area contributed by atoms with E-state index < -0.39 is 0 Å². The van der Waals surface area contributed by atoms with Gasteiger partial charge >= 0.3 is 0 Å². The SMILES string of the molecule is COc1cccc(C(=O)Nc2cccc(O)c2C)c1. The normalized spacial score (nSPS) is 10.0. The zero-order chi connectivity index (χ0) is 13.8. The van der Waals surface area contributed by atoms with Crippen molar-refractivity contribution in [2.24, 2.45) is 0 Å². The third-order valence-corrected chi connectivity index (χ3v) is 2.89. The summed E-state index contributed by atoms with van der Waals surface area (Å²) in [5.74, 6) is 0.538. The van der Waals surface area contributed by atoms with Gasteiger partial charge in [0.25, 0.3) is 5.91 Å². The number of aromatic hydroxyl groups is 1. The number of amides is 1. The monoisotopic (exact) mass is 257 g/mol. The van der Waals surface area contributed by atoms with E-state index in [0.717, 1.165) is 0 Å². The quantitative estimate of drug-likeness (QED) is 0.888. The number of carbonyl (C=O) groups is 1. The van der Waals surface area contributed by atoms with E-state index in [2.05, 4.69) is 5.32 Å². The van der Waals surface area contributed by atoms with E-state index >= 15 is 0 Å². The molecule has 0 atom stereocenters. The molecule has 0 saturated carbocycles. The van der Waals surface area contributed by atoms with Crippen molar-refractivity contribution in [1.82, 2.24) is 0 Å². The van der Waals surface area contributed by atoms with E-state index in [1.54, 1.807) is 56.5 Å². The molecule has 2 aromatic carbocycles. The molecule has 0 radical (unpaired) electrons. The van der Waals surface area contributed by atoms with Crippen LogP contribution in [-0.2, 0) is 0 Å². The number of carbonyl (C=O) groups excluding carboxylic acids is 1. The lowest BCUT2D eigenvalue weighted by Crippen LogP contribution is -2.12. The Hall–Kier alpha value is -2.49. The summed E-state index contributed by atoms with van der Waals surface area (Å²) < 4.78 is 5.08. The van der Waals surface area contributed by atoms with Gasteiger partial charge in [0.15, 0.2) is 0 Å². The number of benzene rings is 2. The Morgan fingerprint density at radius 3 is 2.68 bits per heavy atom. The summed E-state index contributed by atoms with van der Waals surface area (Å²) in [5.41, 5.74) is 1.73. The Labute approximate surface area is 111 Å². The van der Waals surface area contributed by atoms with Crippen molar-refractivity contribution in [2.75, 3.05) is 12.4 Å². The Morgan fingerprint density at radius 1 is 1.21 bits per heavy atom. The highest BCUT2D eigenvalue weighted by molar-refractivity contribution is 6.05. The zero-order valence-electron chi connectivity index (χ0n) is 10.8. The van der Waals surface area contributed by atoms with Crippen LogP contribution in [0, 0.1) is 6.92 Å². The number of phenols is 1. The molecule has 0 fully saturated rings. The standard InChI is InChI=1S/C15H15NO3/c1-10-13(7-4-8-14(10)17)16-15(18)11-5-3-6-12(9-11)19-2/h3-9,17H,1-2H3,(H,16,18). The molecular weight excluding hydrogens is 242 g/mol. The number of nitrogens with one attached hydrogen (secondary N) is 1. The lowest BCUT2D eigenvalue weighted by molar-refractivity contribution is 0.102. The Kier molecular flexibility index (Phi) is 3.71. The van der Waals surface area contributed by atoms with Gasteiger partial charge in [0.2, 0.25) is 0 Å². The summed E-state index contributed by atoms with van der Waals surface area (Å²) in [6, 6.07) is 11.9. The molecule has 4 heteroatoms. The second-order valence-corrected chi connectivity index (χ2v) is 4.14. The van der Waals surface area contributed by atoms with Crippen LogP contribution in [0.5, 0.6) is 11.5 Å². The molecule has 2 aromatic rings. The van der Waals surface area contributed by atoms with Crippen LogP contribution in [0.15, 0.2) is 42.5 Å². The second kappa shape index (κ2) is 5.44. The van der Waals surface area contributed by atoms with Gasteiger partial charge in [0.05, 0.1) is 7.11 Å². The number of rotatable bonds is 3. The zero-order valence-corrected chi connectivity index (χ0v) is 10.8. The van der Waals surface area contributed by atoms with Crippen LogP contribution in [-0.4, -0.2) is 18.1 Å². The summed E-state index contributed by atoms with van der Waals surface area (Å²) in [6.45, 7) is 1.75. The number of hydrogen-bond acceptors (Lipinski definition) is 3. The molecule has 0 aliphatic carbocycles. The molecule has 0 aliphatic rings. The fourth-order valence-electron chi connectivity index (χ4n) is 1.72. The fourth-order valence-corrected chi connectivity index (χ4v) is 1.72. The Balaban J connectivity index is 2.23. The van der Waals surface area contributed by atoms with Gasteiger partial charge in [-0.15, -0.1) is 0 Å². The lowest BCUT2D eigenvalue weighted by Gasteiger charge is -2.10.